The van der Waals surface area contributed by atoms with Crippen molar-refractivity contribution in [2.45, 2.75) is 0 Å². The maximum Gasteiger partial charge on any atom is 0.258 e. The number of amides is 1. The number of carbonyl (C=O) groups is 1. The molecule has 0 aliphatic rings. The van der Waals surface area contributed by atoms with Crippen LogP contribution in [0.1, 0.15) is 10.4 Å². The van der Waals surface area contributed by atoms with Crippen LogP contribution >= 0.6 is 23.2 Å². The summed E-state index contributed by atoms with van der Waals surface area (Å²) in [5, 5.41) is 6.37. The Balaban J connectivity index is 1.75. The number of hydrogen-bond acceptors (Lipinski definition) is 5. The molecule has 3 aromatic rings. The Hall–Kier alpha value is -2.83. The quantitative estimate of drug-likeness (QED) is 0.656. The smallest absolute Gasteiger partial charge is 0.258 e. The lowest BCUT2D eigenvalue weighted by Crippen LogP contribution is -2.13. The summed E-state index contributed by atoms with van der Waals surface area (Å²) in [5.74, 6) is 1.36. The number of nitrogens with zero attached hydrogens (tertiary/aromatic N) is 2. The molecule has 0 fully saturated rings. The van der Waals surface area contributed by atoms with Gasteiger partial charge in [0, 0.05) is 18.0 Å². The van der Waals surface area contributed by atoms with Crippen molar-refractivity contribution in [1.29, 1.82) is 0 Å². The van der Waals surface area contributed by atoms with Crippen LogP contribution in [-0.4, -0.2) is 23.0 Å². The van der Waals surface area contributed by atoms with Gasteiger partial charge in [0.1, 0.15) is 17.4 Å². The van der Waals surface area contributed by atoms with Crippen molar-refractivity contribution in [2.24, 2.45) is 0 Å². The predicted octanol–water partition coefficient (Wildman–Crippen LogP) is 4.79. The molecule has 0 saturated carbocycles. The van der Waals surface area contributed by atoms with E-state index >= 15 is 0 Å². The molecule has 0 atom stereocenters. The lowest BCUT2D eigenvalue weighted by atomic mass is 10.2. The highest BCUT2D eigenvalue weighted by atomic mass is 35.5. The van der Waals surface area contributed by atoms with Crippen LogP contribution in [0.5, 0.6) is 5.75 Å². The number of ether oxygens (including phenoxy) is 1. The van der Waals surface area contributed by atoms with Crippen LogP contribution in [0.4, 0.5) is 17.3 Å². The van der Waals surface area contributed by atoms with E-state index in [0.717, 1.165) is 0 Å². The number of halogens is 2. The van der Waals surface area contributed by atoms with Crippen LogP contribution in [-0.2, 0) is 0 Å². The molecule has 0 radical (unpaired) electrons. The highest BCUT2D eigenvalue weighted by molar-refractivity contribution is 6.40. The van der Waals surface area contributed by atoms with Crippen LogP contribution in [0, 0.1) is 0 Å². The van der Waals surface area contributed by atoms with E-state index in [0.29, 0.717) is 23.1 Å². The monoisotopic (exact) mass is 388 g/mol. The SMILES string of the molecule is COc1ccc(Nc2cc(NC(=O)c3c(Cl)cccc3Cl)ccn2)nc1. The van der Waals surface area contributed by atoms with Gasteiger partial charge in [-0.05, 0) is 30.3 Å². The molecule has 26 heavy (non-hydrogen) atoms. The largest absolute Gasteiger partial charge is 0.495 e. The average Bonchev–Trinajstić information content (AvgIpc) is 2.62. The summed E-state index contributed by atoms with van der Waals surface area (Å²) < 4.78 is 5.07. The second-order valence-corrected chi connectivity index (χ2v) is 6.00. The minimum absolute atomic E-state index is 0.221. The number of carbonyl (C=O) groups excluding carboxylic acids is 1. The molecule has 0 aliphatic carbocycles. The lowest BCUT2D eigenvalue weighted by Gasteiger charge is -2.10. The van der Waals surface area contributed by atoms with Gasteiger partial charge in [-0.3, -0.25) is 4.79 Å². The van der Waals surface area contributed by atoms with Gasteiger partial charge in [-0.1, -0.05) is 29.3 Å². The maximum atomic E-state index is 12.4. The molecule has 8 heteroatoms. The Morgan fingerprint density at radius 1 is 1.04 bits per heavy atom. The number of methoxy groups -OCH3 is 1. The van der Waals surface area contributed by atoms with Crippen molar-refractivity contribution >= 4 is 46.4 Å². The minimum Gasteiger partial charge on any atom is -0.495 e. The third kappa shape index (κ3) is 4.22. The first-order valence-corrected chi connectivity index (χ1v) is 8.31. The van der Waals surface area contributed by atoms with Crippen LogP contribution in [0.2, 0.25) is 10.0 Å². The van der Waals surface area contributed by atoms with Gasteiger partial charge in [-0.25, -0.2) is 9.97 Å². The fourth-order valence-electron chi connectivity index (χ4n) is 2.19. The lowest BCUT2D eigenvalue weighted by molar-refractivity contribution is 0.102. The molecule has 2 aromatic heterocycles. The zero-order valence-electron chi connectivity index (χ0n) is 13.7. The highest BCUT2D eigenvalue weighted by Crippen LogP contribution is 2.26. The fourth-order valence-corrected chi connectivity index (χ4v) is 2.76. The van der Waals surface area contributed by atoms with Gasteiger partial charge in [0.25, 0.3) is 5.91 Å². The topological polar surface area (TPSA) is 76.1 Å². The first-order valence-electron chi connectivity index (χ1n) is 7.55. The number of pyridine rings is 2. The van der Waals surface area contributed by atoms with E-state index in [1.165, 1.54) is 0 Å². The average molecular weight is 389 g/mol. The number of aromatic nitrogens is 2. The van der Waals surface area contributed by atoms with Gasteiger partial charge >= 0.3 is 0 Å². The van der Waals surface area contributed by atoms with Crippen molar-refractivity contribution in [3.8, 4) is 5.75 Å². The standard InChI is InChI=1S/C18H14Cl2N4O2/c1-26-12-5-6-15(22-10-12)24-16-9-11(7-8-21-16)23-18(25)17-13(19)3-2-4-14(17)20/h2-10H,1H3,(H2,21,22,23,24,25). The normalized spacial score (nSPS) is 10.3. The van der Waals surface area contributed by atoms with E-state index in [2.05, 4.69) is 20.6 Å². The maximum absolute atomic E-state index is 12.4. The number of benzene rings is 1. The minimum atomic E-state index is -0.402. The third-order valence-electron chi connectivity index (χ3n) is 3.44. The van der Waals surface area contributed by atoms with E-state index in [1.807, 2.05) is 0 Å². The Morgan fingerprint density at radius 3 is 2.46 bits per heavy atom. The highest BCUT2D eigenvalue weighted by Gasteiger charge is 2.15. The van der Waals surface area contributed by atoms with Gasteiger partial charge in [0.15, 0.2) is 0 Å². The number of hydrogen-bond donors (Lipinski definition) is 2. The summed E-state index contributed by atoms with van der Waals surface area (Å²) >= 11 is 12.1. The summed E-state index contributed by atoms with van der Waals surface area (Å²) in [7, 11) is 1.57. The van der Waals surface area contributed by atoms with Crippen molar-refractivity contribution in [2.75, 3.05) is 17.7 Å². The van der Waals surface area contributed by atoms with Crippen LogP contribution < -0.4 is 15.4 Å². The summed E-state index contributed by atoms with van der Waals surface area (Å²) in [6.07, 6.45) is 3.16. The molecule has 2 N–H and O–H groups in total. The van der Waals surface area contributed by atoms with Crippen LogP contribution in [0.25, 0.3) is 0 Å². The second kappa shape index (κ2) is 8.03. The molecule has 3 rings (SSSR count). The zero-order chi connectivity index (χ0) is 18.5. The van der Waals surface area contributed by atoms with Gasteiger partial charge < -0.3 is 15.4 Å². The summed E-state index contributed by atoms with van der Waals surface area (Å²) in [5.41, 5.74) is 0.760. The van der Waals surface area contributed by atoms with Crippen LogP contribution in [0.15, 0.2) is 54.9 Å². The molecule has 132 valence electrons. The van der Waals surface area contributed by atoms with E-state index in [9.17, 15) is 4.79 Å². The molecule has 1 amide bonds. The molecule has 0 aliphatic heterocycles. The molecule has 1 aromatic carbocycles. The van der Waals surface area contributed by atoms with Gasteiger partial charge in [0.05, 0.1) is 28.9 Å². The van der Waals surface area contributed by atoms with Gasteiger partial charge in [-0.15, -0.1) is 0 Å². The van der Waals surface area contributed by atoms with Gasteiger partial charge in [-0.2, -0.15) is 0 Å². The molecule has 0 saturated heterocycles. The molecule has 0 unspecified atom stereocenters. The molecule has 6 nitrogen and oxygen atoms in total. The van der Waals surface area contributed by atoms with Crippen molar-refractivity contribution in [1.82, 2.24) is 9.97 Å². The third-order valence-corrected chi connectivity index (χ3v) is 4.07. The van der Waals surface area contributed by atoms with E-state index < -0.39 is 5.91 Å². The molecule has 2 heterocycles. The van der Waals surface area contributed by atoms with E-state index in [-0.39, 0.29) is 15.6 Å². The molecular weight excluding hydrogens is 375 g/mol. The zero-order valence-corrected chi connectivity index (χ0v) is 15.2. The Kier molecular flexibility index (Phi) is 5.55. The molecule has 0 spiro atoms. The van der Waals surface area contributed by atoms with Gasteiger partial charge in [0.2, 0.25) is 0 Å². The summed E-state index contributed by atoms with van der Waals surface area (Å²) in [6.45, 7) is 0. The fraction of sp³-hybridized carbons (Fsp3) is 0.0556. The first kappa shape index (κ1) is 18.0. The van der Waals surface area contributed by atoms with E-state index in [4.69, 9.17) is 27.9 Å². The summed E-state index contributed by atoms with van der Waals surface area (Å²) in [4.78, 5) is 20.9. The van der Waals surface area contributed by atoms with E-state index in [1.54, 1.807) is 62.0 Å². The summed E-state index contributed by atoms with van der Waals surface area (Å²) in [6, 6.07) is 11.8. The Bertz CT molecular complexity index is 912. The number of rotatable bonds is 5. The number of anilines is 3. The number of nitrogens with one attached hydrogen (secondary N) is 2. The predicted molar refractivity (Wildman–Crippen MR) is 103 cm³/mol. The van der Waals surface area contributed by atoms with Crippen molar-refractivity contribution < 1.29 is 9.53 Å². The van der Waals surface area contributed by atoms with Crippen molar-refractivity contribution in [3.05, 3.63) is 70.5 Å². The second-order valence-electron chi connectivity index (χ2n) is 5.19. The van der Waals surface area contributed by atoms with Crippen LogP contribution in [0.3, 0.4) is 0 Å². The Morgan fingerprint density at radius 2 is 1.81 bits per heavy atom. The molecule has 0 bridgehead atoms. The molecular formula is C18H14Cl2N4O2. The Labute approximate surface area is 160 Å². The first-order chi connectivity index (χ1) is 12.6. The van der Waals surface area contributed by atoms with Crippen molar-refractivity contribution in [3.63, 3.8) is 0 Å².